The fourth-order valence-corrected chi connectivity index (χ4v) is 3.35. The van der Waals surface area contributed by atoms with Gasteiger partial charge in [-0.25, -0.2) is 4.99 Å². The SMILES string of the molecule is CCNC(=NCc1ccnn1C)NCC(CC)(CC)NC(C)c1ccccc1.I. The number of nitrogens with zero attached hydrogens (tertiary/aromatic N) is 3. The van der Waals surface area contributed by atoms with E-state index in [1.54, 1.807) is 6.20 Å². The van der Waals surface area contributed by atoms with Crippen LogP contribution in [-0.4, -0.2) is 34.4 Å². The van der Waals surface area contributed by atoms with Crippen LogP contribution in [0, 0.1) is 0 Å². The van der Waals surface area contributed by atoms with Crippen molar-refractivity contribution in [1.29, 1.82) is 0 Å². The summed E-state index contributed by atoms with van der Waals surface area (Å²) in [6, 6.07) is 12.9. The second kappa shape index (κ2) is 12.8. The van der Waals surface area contributed by atoms with Gasteiger partial charge in [-0.2, -0.15) is 5.10 Å². The van der Waals surface area contributed by atoms with Crippen LogP contribution < -0.4 is 16.0 Å². The van der Waals surface area contributed by atoms with E-state index in [9.17, 15) is 0 Å². The number of aliphatic imine (C=N–C) groups is 1. The minimum absolute atomic E-state index is 0. The third-order valence-corrected chi connectivity index (χ3v) is 5.44. The van der Waals surface area contributed by atoms with Crippen LogP contribution in [0.2, 0.25) is 0 Å². The van der Waals surface area contributed by atoms with E-state index in [0.717, 1.165) is 37.6 Å². The summed E-state index contributed by atoms with van der Waals surface area (Å²) in [7, 11) is 1.94. The number of aromatic nitrogens is 2. The minimum atomic E-state index is -0.00201. The maximum atomic E-state index is 4.73. The van der Waals surface area contributed by atoms with E-state index in [-0.39, 0.29) is 35.6 Å². The largest absolute Gasteiger partial charge is 0.357 e. The minimum Gasteiger partial charge on any atom is -0.357 e. The summed E-state index contributed by atoms with van der Waals surface area (Å²) in [5.41, 5.74) is 2.40. The molecule has 29 heavy (non-hydrogen) atoms. The molecule has 0 saturated heterocycles. The van der Waals surface area contributed by atoms with Crippen molar-refractivity contribution in [1.82, 2.24) is 25.7 Å². The van der Waals surface area contributed by atoms with Gasteiger partial charge in [0.25, 0.3) is 0 Å². The molecule has 1 heterocycles. The molecule has 0 fully saturated rings. The van der Waals surface area contributed by atoms with Gasteiger partial charge >= 0.3 is 0 Å². The third-order valence-electron chi connectivity index (χ3n) is 5.44. The lowest BCUT2D eigenvalue weighted by Crippen LogP contribution is -2.55. The lowest BCUT2D eigenvalue weighted by molar-refractivity contribution is 0.271. The number of guanidine groups is 1. The lowest BCUT2D eigenvalue weighted by atomic mass is 9.90. The normalized spacial score (nSPS) is 12.9. The van der Waals surface area contributed by atoms with Crippen molar-refractivity contribution in [3.05, 3.63) is 53.9 Å². The molecule has 3 N–H and O–H groups in total. The monoisotopic (exact) mass is 512 g/mol. The molecule has 0 aliphatic rings. The third kappa shape index (κ3) is 7.62. The van der Waals surface area contributed by atoms with Crippen molar-refractivity contribution >= 4 is 29.9 Å². The summed E-state index contributed by atoms with van der Waals surface area (Å²) in [6.07, 6.45) is 3.88. The molecule has 0 saturated carbocycles. The molecule has 0 bridgehead atoms. The predicted molar refractivity (Wildman–Crippen MR) is 133 cm³/mol. The Hall–Kier alpha value is -1.61. The smallest absolute Gasteiger partial charge is 0.191 e. The van der Waals surface area contributed by atoms with Gasteiger partial charge in [-0.3, -0.25) is 4.68 Å². The summed E-state index contributed by atoms with van der Waals surface area (Å²) in [6.45, 7) is 11.1. The van der Waals surface area contributed by atoms with Crippen LogP contribution in [0.3, 0.4) is 0 Å². The molecule has 0 amide bonds. The Labute approximate surface area is 193 Å². The van der Waals surface area contributed by atoms with Gasteiger partial charge in [-0.1, -0.05) is 44.2 Å². The Bertz CT molecular complexity index is 724. The van der Waals surface area contributed by atoms with Crippen LogP contribution >= 0.6 is 24.0 Å². The topological polar surface area (TPSA) is 66.3 Å². The van der Waals surface area contributed by atoms with Crippen LogP contribution in [0.5, 0.6) is 0 Å². The first-order chi connectivity index (χ1) is 13.5. The first kappa shape index (κ1) is 25.4. The second-order valence-corrected chi connectivity index (χ2v) is 7.26. The quantitative estimate of drug-likeness (QED) is 0.256. The van der Waals surface area contributed by atoms with Gasteiger partial charge in [0, 0.05) is 37.9 Å². The van der Waals surface area contributed by atoms with E-state index in [1.807, 2.05) is 17.8 Å². The summed E-state index contributed by atoms with van der Waals surface area (Å²) in [5, 5.41) is 15.0. The van der Waals surface area contributed by atoms with Gasteiger partial charge in [0.2, 0.25) is 0 Å². The van der Waals surface area contributed by atoms with Crippen LogP contribution in [0.1, 0.15) is 57.8 Å². The molecule has 1 atom stereocenters. The number of hydrogen-bond donors (Lipinski definition) is 3. The van der Waals surface area contributed by atoms with Gasteiger partial charge in [0.15, 0.2) is 5.96 Å². The molecular formula is C22H37IN6. The Morgan fingerprint density at radius 3 is 2.34 bits per heavy atom. The number of benzene rings is 1. The van der Waals surface area contributed by atoms with E-state index in [2.05, 4.69) is 79.1 Å². The van der Waals surface area contributed by atoms with Gasteiger partial charge < -0.3 is 16.0 Å². The summed E-state index contributed by atoms with van der Waals surface area (Å²) < 4.78 is 1.86. The molecule has 2 aromatic rings. The number of nitrogens with one attached hydrogen (secondary N) is 3. The van der Waals surface area contributed by atoms with Crippen LogP contribution in [0.25, 0.3) is 0 Å². The van der Waals surface area contributed by atoms with E-state index in [4.69, 9.17) is 4.99 Å². The molecule has 162 valence electrons. The molecule has 0 spiro atoms. The average molecular weight is 512 g/mol. The second-order valence-electron chi connectivity index (χ2n) is 7.26. The maximum absolute atomic E-state index is 4.73. The zero-order chi connectivity index (χ0) is 20.4. The first-order valence-corrected chi connectivity index (χ1v) is 10.3. The van der Waals surface area contributed by atoms with Crippen molar-refractivity contribution in [2.75, 3.05) is 13.1 Å². The van der Waals surface area contributed by atoms with E-state index in [1.165, 1.54) is 5.56 Å². The van der Waals surface area contributed by atoms with Crippen molar-refractivity contribution in [2.45, 2.75) is 58.7 Å². The van der Waals surface area contributed by atoms with E-state index < -0.39 is 0 Å². The molecule has 0 radical (unpaired) electrons. The average Bonchev–Trinajstić information content (AvgIpc) is 3.14. The molecule has 7 heteroatoms. The molecule has 1 aromatic carbocycles. The molecular weight excluding hydrogens is 475 g/mol. The molecule has 0 aliphatic carbocycles. The highest BCUT2D eigenvalue weighted by molar-refractivity contribution is 14.0. The molecule has 6 nitrogen and oxygen atoms in total. The zero-order valence-corrected chi connectivity index (χ0v) is 20.7. The standard InChI is InChI=1S/C22H36N6.HI/c1-6-22(7-2,27-18(4)19-12-10-9-11-13-19)17-25-21(23-8-3)24-16-20-14-15-26-28(20)5;/h9-15,18,27H,6-8,16-17H2,1-5H3,(H2,23,24,25);1H. The van der Waals surface area contributed by atoms with Crippen molar-refractivity contribution < 1.29 is 0 Å². The number of rotatable bonds is 10. The predicted octanol–water partition coefficient (Wildman–Crippen LogP) is 4.00. The Morgan fingerprint density at radius 1 is 1.10 bits per heavy atom. The fourth-order valence-electron chi connectivity index (χ4n) is 3.35. The van der Waals surface area contributed by atoms with Crippen molar-refractivity contribution in [3.63, 3.8) is 0 Å². The van der Waals surface area contributed by atoms with Crippen LogP contribution in [0.15, 0.2) is 47.6 Å². The van der Waals surface area contributed by atoms with Crippen molar-refractivity contribution in [3.8, 4) is 0 Å². The Kier molecular flexibility index (Phi) is 11.3. The van der Waals surface area contributed by atoms with E-state index >= 15 is 0 Å². The van der Waals surface area contributed by atoms with E-state index in [0.29, 0.717) is 6.54 Å². The number of aryl methyl sites for hydroxylation is 1. The summed E-state index contributed by atoms with van der Waals surface area (Å²) in [4.78, 5) is 4.73. The molecule has 1 aromatic heterocycles. The highest BCUT2D eigenvalue weighted by Crippen LogP contribution is 2.21. The highest BCUT2D eigenvalue weighted by Gasteiger charge is 2.28. The van der Waals surface area contributed by atoms with Gasteiger partial charge in [-0.05, 0) is 38.3 Å². The Balaban J connectivity index is 0.00000420. The van der Waals surface area contributed by atoms with Crippen LogP contribution in [0.4, 0.5) is 0 Å². The van der Waals surface area contributed by atoms with Gasteiger partial charge in [0.05, 0.1) is 12.2 Å². The van der Waals surface area contributed by atoms with Gasteiger partial charge in [0.1, 0.15) is 0 Å². The maximum Gasteiger partial charge on any atom is 0.191 e. The van der Waals surface area contributed by atoms with Gasteiger partial charge in [-0.15, -0.1) is 24.0 Å². The summed E-state index contributed by atoms with van der Waals surface area (Å²) in [5.74, 6) is 0.837. The molecule has 0 aliphatic heterocycles. The molecule has 2 rings (SSSR count). The molecule has 1 unspecified atom stereocenters. The number of halogens is 1. The highest BCUT2D eigenvalue weighted by atomic mass is 127. The Morgan fingerprint density at radius 2 is 1.79 bits per heavy atom. The zero-order valence-electron chi connectivity index (χ0n) is 18.4. The lowest BCUT2D eigenvalue weighted by Gasteiger charge is -2.37. The first-order valence-electron chi connectivity index (χ1n) is 10.3. The van der Waals surface area contributed by atoms with Crippen molar-refractivity contribution in [2.24, 2.45) is 12.0 Å². The van der Waals surface area contributed by atoms with Crippen LogP contribution in [-0.2, 0) is 13.6 Å². The number of hydrogen-bond acceptors (Lipinski definition) is 3. The summed E-state index contributed by atoms with van der Waals surface area (Å²) >= 11 is 0. The fraction of sp³-hybridized carbons (Fsp3) is 0.545.